The molecule has 10 heterocycles. The Labute approximate surface area is 688 Å². The Morgan fingerprint density at radius 3 is 1.40 bits per heavy atom. The molecule has 6 amide bonds. The molecule has 4 aliphatic carbocycles. The van der Waals surface area contributed by atoms with Crippen molar-refractivity contribution in [2.24, 2.45) is 47.3 Å². The number of carbonyl (C=O) groups excluding carboxylic acids is 10. The molecule has 4 unspecified atom stereocenters. The van der Waals surface area contributed by atoms with Crippen molar-refractivity contribution in [3.8, 4) is 34.3 Å². The standard InChI is InChI=1S/C41H46N4O9P2S.C40H42N4O9.CH3F.CH6P2S/c1-2-41(52)30-15-32-35-27(19-44(32)37(48)29(30)20-53-40(41)51)13-26-14-28(11-12-31(26)43-35)54-39(50)25-9-3-22(4-10-25)17-42-36(47)24-7-5-23(6-8-24)18-45-34(46)16-33(38(45)49)57-21-56-55;1-2-40(51)30-17-32-35-27(20-43(32)37(48)29(30)21-52-39(40)50)15-26-16-28(11-12-31(26)42-35)53-38(49)25-9-3-22(4-10-25)18-41-36(47)24-7-5-23(6-8-24)19-44-33(45)13-14-34(44)46;1-2;2-1-3-4/h11-16,22-25,52,56H,2-10,17-21,55H2,1H3,(H,42,47);11-17,22-25,51H,2-10,18-21H2,1H3,(H,41,47);1H3;3-4H,1-2H2/t22?,23?,24?,25?,41-;22?,23?,24?,25?,40-;;/m00../s1/i;;1D;. The van der Waals surface area contributed by atoms with Crippen LogP contribution >= 0.6 is 58.2 Å². The van der Waals surface area contributed by atoms with Crippen molar-refractivity contribution in [1.29, 1.82) is 0 Å². The number of thioether (sulfide) groups is 1. The van der Waals surface area contributed by atoms with Crippen molar-refractivity contribution >= 4 is 139 Å². The number of ether oxygens (including phenoxy) is 4. The number of nitrogens with zero attached hydrogens (tertiary/aromatic N) is 6. The fraction of sp³-hybridized carbons (Fsp3) is 0.494. The first kappa shape index (κ1) is 84.5. The van der Waals surface area contributed by atoms with Crippen LogP contribution in [0.2, 0.25) is 0 Å². The number of imide groups is 2. The molecule has 4 N–H and O–H groups in total. The molecule has 6 atom stereocenters. The Morgan fingerprint density at radius 2 is 1.00 bits per heavy atom. The minimum absolute atomic E-state index is 0.0567. The average Bonchev–Trinajstić information content (AvgIpc) is 1.65. The zero-order chi connectivity index (χ0) is 83.1. The molecule has 2 aromatic carbocycles. The summed E-state index contributed by atoms with van der Waals surface area (Å²) in [5, 5.41) is 30.0. The van der Waals surface area contributed by atoms with E-state index in [1.165, 1.54) is 39.8 Å². The van der Waals surface area contributed by atoms with E-state index in [0.29, 0.717) is 116 Å². The molecular weight excluding hydrogens is 1600 g/mol. The van der Waals surface area contributed by atoms with Crippen molar-refractivity contribution in [2.45, 2.75) is 167 Å². The topological polar surface area (TPSA) is 348 Å². The zero-order valence-electron chi connectivity index (χ0n) is 65.6. The number of aromatic nitrogens is 4. The number of esters is 4. The number of hydrogen-bond acceptors (Lipinski definition) is 22. The molecule has 26 nitrogen and oxygen atoms in total. The maximum atomic E-state index is 13.5. The van der Waals surface area contributed by atoms with Gasteiger partial charge in [0.2, 0.25) is 11.8 Å². The van der Waals surface area contributed by atoms with Crippen LogP contribution in [0.15, 0.2) is 93.4 Å². The number of thiol groups is 1. The summed E-state index contributed by atoms with van der Waals surface area (Å²) in [4.78, 5) is 166. The lowest BCUT2D eigenvalue weighted by Crippen LogP contribution is -2.44. The number of fused-ring (bicyclic) bond motifs is 10. The van der Waals surface area contributed by atoms with Crippen molar-refractivity contribution < 1.29 is 82.9 Å². The number of halogens is 1. The van der Waals surface area contributed by atoms with Crippen molar-refractivity contribution in [2.75, 3.05) is 44.7 Å². The molecule has 0 radical (unpaired) electrons. The number of aliphatic hydroxyl groups is 2. The van der Waals surface area contributed by atoms with Gasteiger partial charge in [0.1, 0.15) is 24.7 Å². The van der Waals surface area contributed by atoms with E-state index in [-0.39, 0.29) is 161 Å². The lowest BCUT2D eigenvalue weighted by molar-refractivity contribution is -0.172. The van der Waals surface area contributed by atoms with E-state index in [1.54, 1.807) is 71.5 Å². The lowest BCUT2D eigenvalue weighted by atomic mass is 9.80. The number of carbonyl (C=O) groups is 10. The molecule has 116 heavy (non-hydrogen) atoms. The third-order valence-electron chi connectivity index (χ3n) is 24.5. The van der Waals surface area contributed by atoms with Gasteiger partial charge in [0.25, 0.3) is 34.7 Å². The Hall–Kier alpha value is -7.99. The van der Waals surface area contributed by atoms with Crippen LogP contribution in [0.1, 0.15) is 164 Å². The number of hydrogen-bond donors (Lipinski definition) is 5. The molecule has 0 saturated heterocycles. The van der Waals surface area contributed by atoms with Gasteiger partial charge in [-0.2, -0.15) is 12.2 Å². The highest BCUT2D eigenvalue weighted by molar-refractivity contribution is 8.38. The molecule has 0 spiro atoms. The van der Waals surface area contributed by atoms with Gasteiger partial charge in [-0.1, -0.05) is 29.9 Å². The van der Waals surface area contributed by atoms with Crippen molar-refractivity contribution in [3.63, 3.8) is 0 Å². The van der Waals surface area contributed by atoms with E-state index in [1.807, 2.05) is 12.1 Å². The quantitative estimate of drug-likeness (QED) is 0.0156. The second kappa shape index (κ2) is 37.5. The summed E-state index contributed by atoms with van der Waals surface area (Å²) in [6, 6.07) is 17.7. The first-order valence-electron chi connectivity index (χ1n) is 40.3. The minimum Gasteiger partial charge on any atom is -0.458 e. The number of rotatable bonds is 20. The van der Waals surface area contributed by atoms with E-state index < -0.39 is 30.3 Å². The molecule has 6 aromatic rings. The van der Waals surface area contributed by atoms with Gasteiger partial charge < -0.3 is 48.9 Å². The summed E-state index contributed by atoms with van der Waals surface area (Å²) in [5.41, 5.74) is 2.61. The summed E-state index contributed by atoms with van der Waals surface area (Å²) < 4.78 is 40.7. The van der Waals surface area contributed by atoms with E-state index in [2.05, 4.69) is 41.1 Å². The van der Waals surface area contributed by atoms with Gasteiger partial charge in [0, 0.05) is 94.8 Å². The summed E-state index contributed by atoms with van der Waals surface area (Å²) in [5.74, 6) is -0.574. The normalized spacial score (nSPS) is 25.1. The predicted octanol–water partition coefficient (Wildman–Crippen LogP) is 10.7. The largest absolute Gasteiger partial charge is 0.458 e. The molecule has 4 fully saturated rings. The second-order valence-electron chi connectivity index (χ2n) is 31.3. The average molecular weight is 1700 g/mol. The maximum absolute atomic E-state index is 13.5. The molecule has 6 aliphatic heterocycles. The fourth-order valence-electron chi connectivity index (χ4n) is 17.7. The van der Waals surface area contributed by atoms with E-state index >= 15 is 0 Å². The van der Waals surface area contributed by atoms with Gasteiger partial charge in [-0.3, -0.25) is 62.1 Å². The van der Waals surface area contributed by atoms with Gasteiger partial charge in [0.05, 0.1) is 83.3 Å². The molecule has 616 valence electrons. The van der Waals surface area contributed by atoms with Gasteiger partial charge in [-0.05, 0) is 206 Å². The number of alkyl halides is 1. The van der Waals surface area contributed by atoms with E-state index in [4.69, 9.17) is 30.3 Å². The Morgan fingerprint density at radius 1 is 0.603 bits per heavy atom. The van der Waals surface area contributed by atoms with Gasteiger partial charge in [0.15, 0.2) is 11.2 Å². The summed E-state index contributed by atoms with van der Waals surface area (Å²) in [6.45, 7) is 5.49. The van der Waals surface area contributed by atoms with E-state index in [9.17, 15) is 72.1 Å². The maximum Gasteiger partial charge on any atom is 0.343 e. The van der Waals surface area contributed by atoms with Crippen LogP contribution in [0.25, 0.3) is 44.6 Å². The first-order chi connectivity index (χ1) is 56.3. The molecule has 16 rings (SSSR count). The third-order valence-corrected chi connectivity index (χ3v) is 30.2. The van der Waals surface area contributed by atoms with Crippen LogP contribution < -0.4 is 31.2 Å². The molecular formula is C83H97FN8O18P4S2. The van der Waals surface area contributed by atoms with Crippen LogP contribution in [-0.2, 0) is 94.9 Å². The Kier molecular flexibility index (Phi) is 27.3. The molecule has 0 bridgehead atoms. The number of amides is 6. The summed E-state index contributed by atoms with van der Waals surface area (Å²) >= 11 is 5.36. The van der Waals surface area contributed by atoms with Gasteiger partial charge in [-0.25, -0.2) is 19.6 Å². The Bertz CT molecular complexity index is 5100. The van der Waals surface area contributed by atoms with Crippen LogP contribution in [0.5, 0.6) is 11.5 Å². The van der Waals surface area contributed by atoms with E-state index in [0.717, 1.165) is 118 Å². The van der Waals surface area contributed by atoms with Crippen molar-refractivity contribution in [3.05, 3.63) is 138 Å². The van der Waals surface area contributed by atoms with Crippen LogP contribution in [-0.4, -0.2) is 143 Å². The summed E-state index contributed by atoms with van der Waals surface area (Å²) in [6.07, 6.45) is 16.3. The number of benzene rings is 2. The molecule has 33 heteroatoms. The fourth-order valence-corrected chi connectivity index (χ4v) is 19.8. The number of nitrogens with one attached hydrogen (secondary N) is 2. The number of cyclic esters (lactones) is 2. The lowest BCUT2D eigenvalue weighted by Gasteiger charge is -2.31. The first-order valence-corrected chi connectivity index (χ1v) is 46.9. The molecule has 10 aliphatic rings. The van der Waals surface area contributed by atoms with Crippen LogP contribution in [0, 0.1) is 47.3 Å². The summed E-state index contributed by atoms with van der Waals surface area (Å²) in [7, 11) is 5.67. The Balaban J connectivity index is 0.000000189. The van der Waals surface area contributed by atoms with Gasteiger partial charge >= 0.3 is 23.9 Å². The molecule has 4 aromatic heterocycles. The van der Waals surface area contributed by atoms with Gasteiger partial charge in [-0.15, -0.1) is 29.9 Å². The smallest absolute Gasteiger partial charge is 0.343 e. The monoisotopic (exact) mass is 1700 g/mol. The molecule has 4 saturated carbocycles. The van der Waals surface area contributed by atoms with Crippen LogP contribution in [0.4, 0.5) is 4.39 Å². The van der Waals surface area contributed by atoms with Crippen molar-refractivity contribution in [1.82, 2.24) is 39.5 Å². The third kappa shape index (κ3) is 18.1. The van der Waals surface area contributed by atoms with Crippen LogP contribution in [0.3, 0.4) is 0 Å². The highest BCUT2D eigenvalue weighted by atomic mass is 32.7. The minimum atomic E-state index is -1.89. The SMILES string of the molecule is CC[C@@]1(O)C(=O)OCc2c1cc1n(c2=O)Cc2cc3cc(OC(=O)C4CCC(CNC(=O)C5CCC(CN6C(=O)C=C(SCPP)C6=O)CC5)CC4)ccc3nc2-1.CC[C@@]1(O)C(=O)OCc2c1cc1n(c2=O)Cc2cc3cc(OC(=O)C4CCC(CNC(=O)C5CCC(CN6C(=O)C=CC6=O)CC5)CC4)ccc3nc2-1.PCPS.[2H]CF. The predicted molar refractivity (Wildman–Crippen MR) is 448 cm³/mol. The highest BCUT2D eigenvalue weighted by Crippen LogP contribution is 2.44. The second-order valence-corrected chi connectivity index (χ2v) is 37.8. The highest BCUT2D eigenvalue weighted by Gasteiger charge is 2.48. The zero-order valence-corrected chi connectivity index (χ0v) is 70.6. The number of pyridine rings is 4.